The highest BCUT2D eigenvalue weighted by Gasteiger charge is 2.17. The summed E-state index contributed by atoms with van der Waals surface area (Å²) in [6, 6.07) is 11.7. The van der Waals surface area contributed by atoms with Gasteiger partial charge in [-0.2, -0.15) is 0 Å². The Labute approximate surface area is 124 Å². The molecule has 0 saturated carbocycles. The molecular weight excluding hydrogens is 290 g/mol. The minimum Gasteiger partial charge on any atom is -0.477 e. The van der Waals surface area contributed by atoms with Gasteiger partial charge in [-0.25, -0.2) is 4.79 Å². The number of benzene rings is 1. The lowest BCUT2D eigenvalue weighted by Gasteiger charge is -2.02. The first kappa shape index (κ1) is 13.1. The van der Waals surface area contributed by atoms with Gasteiger partial charge in [0.25, 0.3) is 0 Å². The molecule has 0 amide bonds. The number of carbonyl (C=O) groups is 1. The number of fused-ring (bicyclic) bond motifs is 1. The van der Waals surface area contributed by atoms with Crippen LogP contribution in [0.1, 0.15) is 15.2 Å². The number of nitrogens with zero attached hydrogens (tertiary/aromatic N) is 1. The number of hydrogen-bond donors (Lipinski definition) is 1. The lowest BCUT2D eigenvalue weighted by Crippen LogP contribution is -1.96. The highest BCUT2D eigenvalue weighted by Crippen LogP contribution is 2.35. The first-order valence-electron chi connectivity index (χ1n) is 6.02. The Morgan fingerprint density at radius 2 is 1.95 bits per heavy atom. The Hall–Kier alpha value is -1.85. The minimum atomic E-state index is -0.850. The second-order valence-electron chi connectivity index (χ2n) is 4.18. The van der Waals surface area contributed by atoms with Gasteiger partial charge in [0.1, 0.15) is 4.88 Å². The van der Waals surface area contributed by atoms with Crippen molar-refractivity contribution in [1.29, 1.82) is 0 Å². The average Bonchev–Trinajstić information content (AvgIpc) is 2.85. The molecule has 0 spiro atoms. The quantitative estimate of drug-likeness (QED) is 0.730. The van der Waals surface area contributed by atoms with Crippen molar-refractivity contribution in [3.05, 3.63) is 59.2 Å². The number of rotatable bonds is 4. The zero-order valence-electron chi connectivity index (χ0n) is 10.4. The summed E-state index contributed by atoms with van der Waals surface area (Å²) >= 11 is 2.97. The van der Waals surface area contributed by atoms with Gasteiger partial charge in [0, 0.05) is 27.7 Å². The zero-order chi connectivity index (χ0) is 13.9. The molecule has 0 saturated heterocycles. The summed E-state index contributed by atoms with van der Waals surface area (Å²) in [7, 11) is 0. The summed E-state index contributed by atoms with van der Waals surface area (Å²) in [6.07, 6.45) is 3.48. The lowest BCUT2D eigenvalue weighted by molar-refractivity contribution is 0.0701. The molecule has 2 heterocycles. The van der Waals surface area contributed by atoms with E-state index in [1.165, 1.54) is 11.3 Å². The van der Waals surface area contributed by atoms with E-state index in [1.807, 2.05) is 36.4 Å². The fourth-order valence-electron chi connectivity index (χ4n) is 2.00. The maximum absolute atomic E-state index is 11.4. The van der Waals surface area contributed by atoms with E-state index in [4.69, 9.17) is 0 Å². The fourth-order valence-corrected chi connectivity index (χ4v) is 4.08. The topological polar surface area (TPSA) is 50.2 Å². The van der Waals surface area contributed by atoms with Crippen LogP contribution in [0.2, 0.25) is 0 Å². The Kier molecular flexibility index (Phi) is 3.71. The number of carboxylic acids is 1. The summed E-state index contributed by atoms with van der Waals surface area (Å²) in [5.41, 5.74) is 0.903. The second kappa shape index (κ2) is 5.64. The summed E-state index contributed by atoms with van der Waals surface area (Å²) in [6.45, 7) is 0. The van der Waals surface area contributed by atoms with E-state index in [2.05, 4.69) is 4.98 Å². The van der Waals surface area contributed by atoms with Crippen molar-refractivity contribution in [3.8, 4) is 0 Å². The molecule has 0 bridgehead atoms. The van der Waals surface area contributed by atoms with E-state index in [1.54, 1.807) is 24.2 Å². The maximum atomic E-state index is 11.4. The van der Waals surface area contributed by atoms with Crippen LogP contribution in [-0.2, 0) is 5.75 Å². The number of aromatic nitrogens is 1. The normalized spacial score (nSPS) is 10.8. The van der Waals surface area contributed by atoms with Crippen LogP contribution in [0.25, 0.3) is 10.1 Å². The fraction of sp³-hybridized carbons (Fsp3) is 0.0667. The van der Waals surface area contributed by atoms with Gasteiger partial charge in [-0.15, -0.1) is 23.1 Å². The van der Waals surface area contributed by atoms with Crippen LogP contribution in [0, 0.1) is 0 Å². The molecule has 1 N–H and O–H groups in total. The number of pyridine rings is 1. The molecule has 0 unspecified atom stereocenters. The van der Waals surface area contributed by atoms with Crippen molar-refractivity contribution in [2.75, 3.05) is 0 Å². The van der Waals surface area contributed by atoms with Crippen LogP contribution >= 0.6 is 23.1 Å². The van der Waals surface area contributed by atoms with Crippen LogP contribution in [0.15, 0.2) is 53.7 Å². The molecule has 0 atom stereocenters. The van der Waals surface area contributed by atoms with Gasteiger partial charge in [-0.05, 0) is 29.1 Å². The van der Waals surface area contributed by atoms with Gasteiger partial charge < -0.3 is 5.11 Å². The monoisotopic (exact) mass is 301 g/mol. The summed E-state index contributed by atoms with van der Waals surface area (Å²) in [5.74, 6) is -0.202. The highest BCUT2D eigenvalue weighted by molar-refractivity contribution is 7.98. The average molecular weight is 301 g/mol. The Bertz CT molecular complexity index is 753. The van der Waals surface area contributed by atoms with Gasteiger partial charge in [0.05, 0.1) is 0 Å². The standard InChI is InChI=1S/C15H11NO2S2/c17-15(18)14-12(9-19-10-5-7-16-8-6-10)11-3-1-2-4-13(11)20-14/h1-8H,9H2,(H,17,18). The van der Waals surface area contributed by atoms with Crippen molar-refractivity contribution in [1.82, 2.24) is 4.98 Å². The SMILES string of the molecule is O=C(O)c1sc2ccccc2c1CSc1ccncc1. The highest BCUT2D eigenvalue weighted by atomic mass is 32.2. The van der Waals surface area contributed by atoms with Crippen LogP contribution in [0.4, 0.5) is 0 Å². The van der Waals surface area contributed by atoms with E-state index in [-0.39, 0.29) is 0 Å². The van der Waals surface area contributed by atoms with E-state index in [0.717, 1.165) is 20.5 Å². The molecule has 0 aliphatic rings. The molecule has 2 aromatic heterocycles. The molecule has 0 fully saturated rings. The number of carboxylic acid groups (broad SMARTS) is 1. The molecular formula is C15H11NO2S2. The van der Waals surface area contributed by atoms with E-state index < -0.39 is 5.97 Å². The molecule has 3 aromatic rings. The van der Waals surface area contributed by atoms with Gasteiger partial charge in [-0.3, -0.25) is 4.98 Å². The third-order valence-electron chi connectivity index (χ3n) is 2.93. The van der Waals surface area contributed by atoms with Crippen molar-refractivity contribution in [3.63, 3.8) is 0 Å². The number of thioether (sulfide) groups is 1. The van der Waals surface area contributed by atoms with Crippen molar-refractivity contribution >= 4 is 39.2 Å². The molecule has 0 aliphatic carbocycles. The van der Waals surface area contributed by atoms with Crippen molar-refractivity contribution in [2.45, 2.75) is 10.6 Å². The molecule has 0 radical (unpaired) electrons. The largest absolute Gasteiger partial charge is 0.477 e. The molecule has 100 valence electrons. The van der Waals surface area contributed by atoms with E-state index in [9.17, 15) is 9.90 Å². The molecule has 5 heteroatoms. The molecule has 0 aliphatic heterocycles. The van der Waals surface area contributed by atoms with Crippen molar-refractivity contribution < 1.29 is 9.90 Å². The Balaban J connectivity index is 1.97. The van der Waals surface area contributed by atoms with Gasteiger partial charge in [0.15, 0.2) is 0 Å². The van der Waals surface area contributed by atoms with E-state index >= 15 is 0 Å². The maximum Gasteiger partial charge on any atom is 0.346 e. The minimum absolute atomic E-state index is 0.438. The molecule has 3 nitrogen and oxygen atoms in total. The second-order valence-corrected chi connectivity index (χ2v) is 6.28. The molecule has 20 heavy (non-hydrogen) atoms. The summed E-state index contributed by atoms with van der Waals surface area (Å²) < 4.78 is 1.02. The molecule has 1 aromatic carbocycles. The van der Waals surface area contributed by atoms with Crippen LogP contribution in [0.5, 0.6) is 0 Å². The number of hydrogen-bond acceptors (Lipinski definition) is 4. The number of aromatic carboxylic acids is 1. The first-order valence-corrected chi connectivity index (χ1v) is 7.82. The van der Waals surface area contributed by atoms with Crippen LogP contribution < -0.4 is 0 Å². The van der Waals surface area contributed by atoms with Crippen LogP contribution in [0.3, 0.4) is 0 Å². The first-order chi connectivity index (χ1) is 9.75. The third kappa shape index (κ3) is 2.55. The molecule has 3 rings (SSSR count). The summed E-state index contributed by atoms with van der Waals surface area (Å²) in [4.78, 5) is 16.9. The Morgan fingerprint density at radius 1 is 1.20 bits per heavy atom. The predicted molar refractivity (Wildman–Crippen MR) is 82.6 cm³/mol. The Morgan fingerprint density at radius 3 is 2.70 bits per heavy atom. The van der Waals surface area contributed by atoms with Gasteiger partial charge >= 0.3 is 5.97 Å². The lowest BCUT2D eigenvalue weighted by atomic mass is 10.1. The summed E-state index contributed by atoms with van der Waals surface area (Å²) in [5, 5.41) is 10.4. The predicted octanol–water partition coefficient (Wildman–Crippen LogP) is 4.29. The smallest absolute Gasteiger partial charge is 0.346 e. The van der Waals surface area contributed by atoms with Gasteiger partial charge in [0.2, 0.25) is 0 Å². The zero-order valence-corrected chi connectivity index (χ0v) is 12.1. The van der Waals surface area contributed by atoms with Gasteiger partial charge in [-0.1, -0.05) is 18.2 Å². The van der Waals surface area contributed by atoms with Crippen LogP contribution in [-0.4, -0.2) is 16.1 Å². The van der Waals surface area contributed by atoms with E-state index in [0.29, 0.717) is 10.6 Å². The van der Waals surface area contributed by atoms with Crippen molar-refractivity contribution in [2.24, 2.45) is 0 Å². The third-order valence-corrected chi connectivity index (χ3v) is 5.17. The number of thiophene rings is 1.